The van der Waals surface area contributed by atoms with Crippen molar-refractivity contribution in [2.45, 2.75) is 5.67 Å². The van der Waals surface area contributed by atoms with Gasteiger partial charge in [0, 0.05) is 5.56 Å². The largest absolute Gasteiger partial charge is 0.478 e. The van der Waals surface area contributed by atoms with Gasteiger partial charge in [0.05, 0.1) is 0 Å². The van der Waals surface area contributed by atoms with Crippen molar-refractivity contribution < 1.29 is 24.2 Å². The van der Waals surface area contributed by atoms with Crippen LogP contribution in [0.3, 0.4) is 0 Å². The maximum Gasteiger partial charge on any atom is 0.358 e. The van der Waals surface area contributed by atoms with E-state index < -0.39 is 23.2 Å². The van der Waals surface area contributed by atoms with Gasteiger partial charge in [0.1, 0.15) is 0 Å². The lowest BCUT2D eigenvalue weighted by Crippen LogP contribution is -2.39. The van der Waals surface area contributed by atoms with Crippen LogP contribution in [-0.4, -0.2) is 22.2 Å². The molecular weight excluding hydrogens is 191 g/mol. The number of halogens is 1. The first-order valence-corrected chi connectivity index (χ1v) is 3.71. The van der Waals surface area contributed by atoms with E-state index in [1.165, 1.54) is 18.2 Å². The summed E-state index contributed by atoms with van der Waals surface area (Å²) in [5.41, 5.74) is -3.78. The molecule has 0 saturated heterocycles. The van der Waals surface area contributed by atoms with Gasteiger partial charge in [0.25, 0.3) is 0 Å². The van der Waals surface area contributed by atoms with Crippen LogP contribution in [0.25, 0.3) is 0 Å². The minimum Gasteiger partial charge on any atom is -0.478 e. The van der Waals surface area contributed by atoms with E-state index in [2.05, 4.69) is 0 Å². The first-order chi connectivity index (χ1) is 6.49. The molecule has 0 spiro atoms. The molecule has 1 aromatic carbocycles. The van der Waals surface area contributed by atoms with Crippen molar-refractivity contribution in [3.8, 4) is 0 Å². The third kappa shape index (κ3) is 1.44. The molecule has 5 heteroatoms. The predicted molar refractivity (Wildman–Crippen MR) is 44.5 cm³/mol. The molecule has 0 atom stereocenters. The van der Waals surface area contributed by atoms with Gasteiger partial charge in [0.2, 0.25) is 0 Å². The maximum absolute atomic E-state index is 13.6. The molecule has 0 fully saturated rings. The molecule has 2 N–H and O–H groups in total. The van der Waals surface area contributed by atoms with Crippen LogP contribution >= 0.6 is 0 Å². The highest BCUT2D eigenvalue weighted by Crippen LogP contribution is 2.26. The highest BCUT2D eigenvalue weighted by Gasteiger charge is 2.49. The lowest BCUT2D eigenvalue weighted by molar-refractivity contribution is -0.167. The fourth-order valence-corrected chi connectivity index (χ4v) is 1.01. The monoisotopic (exact) mass is 198 g/mol. The fourth-order valence-electron chi connectivity index (χ4n) is 1.01. The Morgan fingerprint density at radius 1 is 1.07 bits per heavy atom. The summed E-state index contributed by atoms with van der Waals surface area (Å²) in [4.78, 5) is 21.0. The van der Waals surface area contributed by atoms with Crippen molar-refractivity contribution in [2.24, 2.45) is 0 Å². The van der Waals surface area contributed by atoms with Crippen LogP contribution in [0.5, 0.6) is 0 Å². The highest BCUT2D eigenvalue weighted by atomic mass is 19.1. The molecule has 0 heterocycles. The normalized spacial score (nSPS) is 10.9. The molecule has 0 unspecified atom stereocenters. The van der Waals surface area contributed by atoms with Crippen LogP contribution in [0, 0.1) is 0 Å². The molecular formula is C9H7FO4. The molecule has 14 heavy (non-hydrogen) atoms. The summed E-state index contributed by atoms with van der Waals surface area (Å²) in [6.07, 6.45) is 0. The third-order valence-corrected chi connectivity index (χ3v) is 1.76. The molecule has 1 rings (SSSR count). The summed E-state index contributed by atoms with van der Waals surface area (Å²) >= 11 is 0. The van der Waals surface area contributed by atoms with Crippen LogP contribution in [0.4, 0.5) is 4.39 Å². The molecule has 0 saturated carbocycles. The van der Waals surface area contributed by atoms with E-state index >= 15 is 0 Å². The van der Waals surface area contributed by atoms with Crippen LogP contribution in [0.2, 0.25) is 0 Å². The Balaban J connectivity index is 3.27. The first kappa shape index (κ1) is 10.2. The summed E-state index contributed by atoms with van der Waals surface area (Å²) in [5.74, 6) is -4.06. The highest BCUT2D eigenvalue weighted by molar-refractivity contribution is 6.02. The van der Waals surface area contributed by atoms with Crippen LogP contribution in [0.1, 0.15) is 5.56 Å². The van der Waals surface area contributed by atoms with Crippen molar-refractivity contribution in [3.05, 3.63) is 35.9 Å². The number of alkyl halides is 1. The number of aliphatic carboxylic acids is 2. The molecule has 0 bridgehead atoms. The standard InChI is InChI=1S/C9H7FO4/c10-9(7(11)12,8(13)14)6-4-2-1-3-5-6/h1-5H,(H,11,12)(H,13,14). The Morgan fingerprint density at radius 2 is 1.50 bits per heavy atom. The molecule has 74 valence electrons. The Bertz CT molecular complexity index is 346. The minimum absolute atomic E-state index is 0.403. The maximum atomic E-state index is 13.6. The second-order valence-electron chi connectivity index (χ2n) is 2.63. The first-order valence-electron chi connectivity index (χ1n) is 3.71. The zero-order valence-corrected chi connectivity index (χ0v) is 6.98. The van der Waals surface area contributed by atoms with Gasteiger partial charge in [-0.25, -0.2) is 14.0 Å². The van der Waals surface area contributed by atoms with E-state index in [-0.39, 0.29) is 0 Å². The number of rotatable bonds is 3. The van der Waals surface area contributed by atoms with Gasteiger partial charge in [-0.05, 0) is 0 Å². The van der Waals surface area contributed by atoms with Crippen LogP contribution in [0.15, 0.2) is 30.3 Å². The van der Waals surface area contributed by atoms with E-state index in [1.807, 2.05) is 0 Å². The zero-order chi connectivity index (χ0) is 10.8. The van der Waals surface area contributed by atoms with E-state index in [1.54, 1.807) is 0 Å². The van der Waals surface area contributed by atoms with Gasteiger partial charge >= 0.3 is 17.6 Å². The molecule has 0 radical (unpaired) electrons. The van der Waals surface area contributed by atoms with Crippen molar-refractivity contribution >= 4 is 11.9 Å². The van der Waals surface area contributed by atoms with Crippen LogP contribution in [-0.2, 0) is 15.3 Å². The van der Waals surface area contributed by atoms with E-state index in [0.29, 0.717) is 0 Å². The zero-order valence-electron chi connectivity index (χ0n) is 6.98. The molecule has 0 aromatic heterocycles. The fraction of sp³-hybridized carbons (Fsp3) is 0.111. The topological polar surface area (TPSA) is 74.6 Å². The average Bonchev–Trinajstić information content (AvgIpc) is 2.17. The molecule has 0 aliphatic heterocycles. The van der Waals surface area contributed by atoms with Crippen molar-refractivity contribution in [1.29, 1.82) is 0 Å². The minimum atomic E-state index is -3.37. The van der Waals surface area contributed by atoms with Gasteiger partial charge in [-0.3, -0.25) is 0 Å². The summed E-state index contributed by atoms with van der Waals surface area (Å²) in [6.45, 7) is 0. The number of carbonyl (C=O) groups is 2. The average molecular weight is 198 g/mol. The second kappa shape index (κ2) is 3.45. The Labute approximate surface area is 78.6 Å². The SMILES string of the molecule is O=C(O)C(F)(C(=O)O)c1ccccc1. The van der Waals surface area contributed by atoms with Gasteiger partial charge in [-0.1, -0.05) is 30.3 Å². The number of hydrogen-bond acceptors (Lipinski definition) is 2. The van der Waals surface area contributed by atoms with Gasteiger partial charge in [0.15, 0.2) is 0 Å². The lowest BCUT2D eigenvalue weighted by atomic mass is 9.96. The summed E-state index contributed by atoms with van der Waals surface area (Å²) in [7, 11) is 0. The number of hydrogen-bond donors (Lipinski definition) is 2. The summed E-state index contributed by atoms with van der Waals surface area (Å²) in [5, 5.41) is 17.0. The van der Waals surface area contributed by atoms with Crippen molar-refractivity contribution in [1.82, 2.24) is 0 Å². The second-order valence-corrected chi connectivity index (χ2v) is 2.63. The molecule has 0 aliphatic carbocycles. The molecule has 4 nitrogen and oxygen atoms in total. The number of carboxylic acids is 2. The lowest BCUT2D eigenvalue weighted by Gasteiger charge is -2.15. The Hall–Kier alpha value is -1.91. The smallest absolute Gasteiger partial charge is 0.358 e. The van der Waals surface area contributed by atoms with E-state index in [9.17, 15) is 14.0 Å². The number of carboxylic acid groups (broad SMARTS) is 2. The van der Waals surface area contributed by atoms with E-state index in [4.69, 9.17) is 10.2 Å². The number of benzene rings is 1. The van der Waals surface area contributed by atoms with Crippen LogP contribution < -0.4 is 0 Å². The van der Waals surface area contributed by atoms with Crippen molar-refractivity contribution in [2.75, 3.05) is 0 Å². The van der Waals surface area contributed by atoms with Gasteiger partial charge < -0.3 is 10.2 Å². The van der Waals surface area contributed by atoms with Gasteiger partial charge in [-0.2, -0.15) is 0 Å². The van der Waals surface area contributed by atoms with E-state index in [0.717, 1.165) is 12.1 Å². The predicted octanol–water partition coefficient (Wildman–Crippen LogP) is 1.02. The summed E-state index contributed by atoms with van der Waals surface area (Å²) < 4.78 is 13.6. The molecule has 1 aromatic rings. The quantitative estimate of drug-likeness (QED) is 0.711. The molecule has 0 amide bonds. The van der Waals surface area contributed by atoms with Gasteiger partial charge in [-0.15, -0.1) is 0 Å². The third-order valence-electron chi connectivity index (χ3n) is 1.76. The Morgan fingerprint density at radius 3 is 1.86 bits per heavy atom. The Kier molecular flexibility index (Phi) is 2.51. The van der Waals surface area contributed by atoms with Crippen molar-refractivity contribution in [3.63, 3.8) is 0 Å². The molecule has 0 aliphatic rings. The summed E-state index contributed by atoms with van der Waals surface area (Å²) in [6, 6.07) is 6.50.